The van der Waals surface area contributed by atoms with E-state index in [1.54, 1.807) is 7.05 Å². The van der Waals surface area contributed by atoms with Crippen LogP contribution in [0.4, 0.5) is 17.8 Å². The standard InChI is InChI=1S/C13H24N6O/c1-14-11-15-12(18(2)3)17-13(16-11)19(8-9-20)10-6-4-5-7-10/h10,20H,4-9H2,1-3H3,(H,14,15,16,17). The summed E-state index contributed by atoms with van der Waals surface area (Å²) in [6.07, 6.45) is 4.74. The fraction of sp³-hybridized carbons (Fsp3) is 0.769. The van der Waals surface area contributed by atoms with Crippen LogP contribution in [0.1, 0.15) is 25.7 Å². The van der Waals surface area contributed by atoms with Crippen LogP contribution >= 0.6 is 0 Å². The molecule has 0 unspecified atom stereocenters. The molecule has 112 valence electrons. The first-order valence-corrected chi connectivity index (χ1v) is 7.14. The van der Waals surface area contributed by atoms with Crippen LogP contribution in [0.3, 0.4) is 0 Å². The zero-order valence-corrected chi connectivity index (χ0v) is 12.5. The quantitative estimate of drug-likeness (QED) is 0.795. The first kappa shape index (κ1) is 14.8. The van der Waals surface area contributed by atoms with Crippen LogP contribution in [-0.2, 0) is 0 Å². The second-order valence-corrected chi connectivity index (χ2v) is 5.26. The lowest BCUT2D eigenvalue weighted by Crippen LogP contribution is -2.37. The number of aromatic nitrogens is 3. The molecule has 1 aliphatic rings. The van der Waals surface area contributed by atoms with Crippen molar-refractivity contribution in [3.05, 3.63) is 0 Å². The number of aliphatic hydroxyl groups is 1. The average molecular weight is 280 g/mol. The molecular formula is C13H24N6O. The molecule has 2 N–H and O–H groups in total. The third-order valence-electron chi connectivity index (χ3n) is 3.60. The number of hydrogen-bond acceptors (Lipinski definition) is 7. The van der Waals surface area contributed by atoms with Crippen molar-refractivity contribution >= 4 is 17.8 Å². The van der Waals surface area contributed by atoms with Crippen molar-refractivity contribution in [2.75, 3.05) is 49.4 Å². The van der Waals surface area contributed by atoms with Crippen LogP contribution in [0, 0.1) is 0 Å². The van der Waals surface area contributed by atoms with Crippen LogP contribution in [-0.4, -0.2) is 60.4 Å². The smallest absolute Gasteiger partial charge is 0.232 e. The van der Waals surface area contributed by atoms with Crippen LogP contribution in [0.15, 0.2) is 0 Å². The van der Waals surface area contributed by atoms with E-state index < -0.39 is 0 Å². The molecule has 0 spiro atoms. The van der Waals surface area contributed by atoms with Crippen molar-refractivity contribution in [3.8, 4) is 0 Å². The molecule has 0 radical (unpaired) electrons. The zero-order chi connectivity index (χ0) is 14.5. The van der Waals surface area contributed by atoms with E-state index in [-0.39, 0.29) is 6.61 Å². The minimum Gasteiger partial charge on any atom is -0.395 e. The van der Waals surface area contributed by atoms with E-state index in [0.29, 0.717) is 30.4 Å². The highest BCUT2D eigenvalue weighted by Gasteiger charge is 2.25. The van der Waals surface area contributed by atoms with Crippen molar-refractivity contribution in [2.24, 2.45) is 0 Å². The monoisotopic (exact) mass is 280 g/mol. The molecule has 7 heteroatoms. The van der Waals surface area contributed by atoms with Crippen LogP contribution in [0.5, 0.6) is 0 Å². The fourth-order valence-corrected chi connectivity index (χ4v) is 2.56. The molecule has 0 aromatic carbocycles. The first-order chi connectivity index (χ1) is 9.65. The Hall–Kier alpha value is -1.63. The van der Waals surface area contributed by atoms with Gasteiger partial charge in [0, 0.05) is 33.7 Å². The summed E-state index contributed by atoms with van der Waals surface area (Å²) in [6, 6.07) is 0.421. The summed E-state index contributed by atoms with van der Waals surface area (Å²) in [5.41, 5.74) is 0. The number of nitrogens with one attached hydrogen (secondary N) is 1. The Labute approximate surface area is 120 Å². The molecule has 0 atom stereocenters. The Kier molecular flexibility index (Phi) is 4.94. The van der Waals surface area contributed by atoms with Gasteiger partial charge in [-0.3, -0.25) is 0 Å². The molecule has 0 amide bonds. The van der Waals surface area contributed by atoms with Gasteiger partial charge in [0.25, 0.3) is 0 Å². The van der Waals surface area contributed by atoms with Gasteiger partial charge >= 0.3 is 0 Å². The van der Waals surface area contributed by atoms with E-state index in [1.807, 2.05) is 19.0 Å². The summed E-state index contributed by atoms with van der Waals surface area (Å²) in [5, 5.41) is 12.3. The van der Waals surface area contributed by atoms with E-state index in [1.165, 1.54) is 12.8 Å². The maximum absolute atomic E-state index is 9.32. The molecule has 20 heavy (non-hydrogen) atoms. The Morgan fingerprint density at radius 2 is 1.80 bits per heavy atom. The predicted molar refractivity (Wildman–Crippen MR) is 80.4 cm³/mol. The molecule has 1 fully saturated rings. The van der Waals surface area contributed by atoms with Gasteiger partial charge in [-0.15, -0.1) is 0 Å². The Morgan fingerprint density at radius 1 is 1.15 bits per heavy atom. The van der Waals surface area contributed by atoms with Gasteiger partial charge in [-0.2, -0.15) is 15.0 Å². The molecule has 0 bridgehead atoms. The normalized spacial score (nSPS) is 15.4. The van der Waals surface area contributed by atoms with Gasteiger partial charge in [0.15, 0.2) is 0 Å². The lowest BCUT2D eigenvalue weighted by atomic mass is 10.2. The highest BCUT2D eigenvalue weighted by molar-refractivity contribution is 5.45. The maximum atomic E-state index is 9.32. The molecule has 1 saturated carbocycles. The lowest BCUT2D eigenvalue weighted by Gasteiger charge is -2.29. The minimum atomic E-state index is 0.106. The van der Waals surface area contributed by atoms with Crippen molar-refractivity contribution in [1.82, 2.24) is 15.0 Å². The summed E-state index contributed by atoms with van der Waals surface area (Å²) >= 11 is 0. The maximum Gasteiger partial charge on any atom is 0.232 e. The number of hydrogen-bond donors (Lipinski definition) is 2. The van der Waals surface area contributed by atoms with E-state index in [4.69, 9.17) is 0 Å². The second kappa shape index (κ2) is 6.69. The number of rotatable bonds is 6. The summed E-state index contributed by atoms with van der Waals surface area (Å²) in [5.74, 6) is 1.83. The predicted octanol–water partition coefficient (Wildman–Crippen LogP) is 0.721. The molecule has 0 aliphatic heterocycles. The van der Waals surface area contributed by atoms with E-state index in [2.05, 4.69) is 25.2 Å². The van der Waals surface area contributed by atoms with Gasteiger partial charge in [0.2, 0.25) is 17.8 Å². The number of anilines is 3. The molecule has 1 aromatic rings. The highest BCUT2D eigenvalue weighted by Crippen LogP contribution is 2.27. The SMILES string of the molecule is CNc1nc(N(C)C)nc(N(CCO)C2CCCC2)n1. The van der Waals surface area contributed by atoms with Crippen LogP contribution in [0.25, 0.3) is 0 Å². The summed E-state index contributed by atoms with van der Waals surface area (Å²) in [6.45, 7) is 0.666. The van der Waals surface area contributed by atoms with Crippen molar-refractivity contribution in [2.45, 2.75) is 31.7 Å². The molecule has 0 saturated heterocycles. The van der Waals surface area contributed by atoms with Crippen molar-refractivity contribution in [3.63, 3.8) is 0 Å². The summed E-state index contributed by atoms with van der Waals surface area (Å²) < 4.78 is 0. The fourth-order valence-electron chi connectivity index (χ4n) is 2.56. The van der Waals surface area contributed by atoms with Gasteiger partial charge in [0.05, 0.1) is 6.61 Å². The third kappa shape index (κ3) is 3.27. The van der Waals surface area contributed by atoms with Crippen LogP contribution < -0.4 is 15.1 Å². The number of nitrogens with zero attached hydrogens (tertiary/aromatic N) is 5. The van der Waals surface area contributed by atoms with Gasteiger partial charge in [-0.25, -0.2) is 0 Å². The second-order valence-electron chi connectivity index (χ2n) is 5.26. The third-order valence-corrected chi connectivity index (χ3v) is 3.60. The van der Waals surface area contributed by atoms with Crippen molar-refractivity contribution in [1.29, 1.82) is 0 Å². The topological polar surface area (TPSA) is 77.4 Å². The zero-order valence-electron chi connectivity index (χ0n) is 12.5. The molecule has 1 aromatic heterocycles. The highest BCUT2D eigenvalue weighted by atomic mass is 16.3. The summed E-state index contributed by atoms with van der Waals surface area (Å²) in [7, 11) is 5.61. The first-order valence-electron chi connectivity index (χ1n) is 7.14. The van der Waals surface area contributed by atoms with E-state index in [0.717, 1.165) is 12.8 Å². The summed E-state index contributed by atoms with van der Waals surface area (Å²) in [4.78, 5) is 17.3. The Balaban J connectivity index is 2.32. The molecule has 1 heterocycles. The van der Waals surface area contributed by atoms with Crippen molar-refractivity contribution < 1.29 is 5.11 Å². The Morgan fingerprint density at radius 3 is 2.35 bits per heavy atom. The van der Waals surface area contributed by atoms with Crippen LogP contribution in [0.2, 0.25) is 0 Å². The van der Waals surface area contributed by atoms with Gasteiger partial charge < -0.3 is 20.2 Å². The van der Waals surface area contributed by atoms with E-state index >= 15 is 0 Å². The van der Waals surface area contributed by atoms with Gasteiger partial charge in [0.1, 0.15) is 0 Å². The van der Waals surface area contributed by atoms with Gasteiger partial charge in [-0.1, -0.05) is 12.8 Å². The molecule has 1 aliphatic carbocycles. The van der Waals surface area contributed by atoms with Gasteiger partial charge in [-0.05, 0) is 12.8 Å². The minimum absolute atomic E-state index is 0.106. The average Bonchev–Trinajstić information content (AvgIpc) is 2.98. The molecular weight excluding hydrogens is 256 g/mol. The lowest BCUT2D eigenvalue weighted by molar-refractivity contribution is 0.296. The Bertz CT molecular complexity index is 433. The largest absolute Gasteiger partial charge is 0.395 e. The molecule has 2 rings (SSSR count). The molecule has 7 nitrogen and oxygen atoms in total. The number of aliphatic hydroxyl groups excluding tert-OH is 1. The van der Waals surface area contributed by atoms with E-state index in [9.17, 15) is 5.11 Å².